The van der Waals surface area contributed by atoms with Crippen LogP contribution < -0.4 is 9.80 Å². The Morgan fingerprint density at radius 1 is 0.935 bits per heavy atom. The maximum Gasteiger partial charge on any atom is 0.175 e. The highest BCUT2D eigenvalue weighted by molar-refractivity contribution is 7.90. The molecule has 0 aliphatic carbocycles. The van der Waals surface area contributed by atoms with E-state index in [9.17, 15) is 8.42 Å². The van der Waals surface area contributed by atoms with Gasteiger partial charge in [0.1, 0.15) is 0 Å². The van der Waals surface area contributed by atoms with Crippen LogP contribution in [0.15, 0.2) is 59.5 Å². The van der Waals surface area contributed by atoms with Gasteiger partial charge >= 0.3 is 0 Å². The first kappa shape index (κ1) is 21.9. The number of nitrogens with zero attached hydrogens (tertiary/aromatic N) is 3. The highest BCUT2D eigenvalue weighted by Gasteiger charge is 2.25. The van der Waals surface area contributed by atoms with Gasteiger partial charge in [-0.05, 0) is 55.7 Å². The van der Waals surface area contributed by atoms with E-state index in [4.69, 9.17) is 0 Å². The summed E-state index contributed by atoms with van der Waals surface area (Å²) in [4.78, 5) is 7.72. The fourth-order valence-corrected chi connectivity index (χ4v) is 5.15. The third kappa shape index (κ3) is 4.80. The summed E-state index contributed by atoms with van der Waals surface area (Å²) >= 11 is 0. The van der Waals surface area contributed by atoms with Crippen LogP contribution in [0.4, 0.5) is 11.4 Å². The van der Waals surface area contributed by atoms with Crippen LogP contribution in [0.1, 0.15) is 26.3 Å². The van der Waals surface area contributed by atoms with E-state index in [-0.39, 0.29) is 0 Å². The Bertz CT molecular complexity index is 1050. The summed E-state index contributed by atoms with van der Waals surface area (Å²) in [5.74, 6) is 0.433. The summed E-state index contributed by atoms with van der Waals surface area (Å²) in [6, 6.07) is 16.7. The fraction of sp³-hybridized carbons (Fsp3) is 0.440. The second-order valence-electron chi connectivity index (χ2n) is 9.07. The fourth-order valence-electron chi connectivity index (χ4n) is 4.52. The predicted octanol–water partition coefficient (Wildman–Crippen LogP) is 4.12. The summed E-state index contributed by atoms with van der Waals surface area (Å²) in [5.41, 5.74) is 4.65. The lowest BCUT2D eigenvalue weighted by atomic mass is 10.1. The first-order chi connectivity index (χ1) is 14.7. The molecule has 1 unspecified atom stereocenters. The topological polar surface area (TPSA) is 43.9 Å². The van der Waals surface area contributed by atoms with Crippen LogP contribution >= 0.6 is 0 Å². The second kappa shape index (κ2) is 8.67. The standard InChI is InChI=1S/C25H33N3O2S/c1-19(2)26-12-14-27(15-13-26)22-6-5-7-23(17-22)28-18-20(3)16-25(28)21-8-10-24(11-9-21)31(4,29)30/h5-11,16-17,19-20H,12-15,18H2,1-4H3. The van der Waals surface area contributed by atoms with Gasteiger partial charge in [-0.2, -0.15) is 0 Å². The molecule has 1 saturated heterocycles. The molecule has 2 aliphatic rings. The van der Waals surface area contributed by atoms with Crippen molar-refractivity contribution in [2.75, 3.05) is 48.8 Å². The number of anilines is 2. The smallest absolute Gasteiger partial charge is 0.175 e. The Balaban J connectivity index is 1.56. The summed E-state index contributed by atoms with van der Waals surface area (Å²) in [5, 5.41) is 0. The molecule has 0 saturated carbocycles. The van der Waals surface area contributed by atoms with Crippen LogP contribution in [0.5, 0.6) is 0 Å². The monoisotopic (exact) mass is 439 g/mol. The molecule has 6 heteroatoms. The van der Waals surface area contributed by atoms with Crippen LogP contribution in [0.3, 0.4) is 0 Å². The zero-order valence-corrected chi connectivity index (χ0v) is 19.8. The third-order valence-electron chi connectivity index (χ3n) is 6.33. The van der Waals surface area contributed by atoms with Crippen molar-refractivity contribution >= 4 is 26.9 Å². The van der Waals surface area contributed by atoms with Gasteiger partial charge in [0.15, 0.2) is 9.84 Å². The number of rotatable bonds is 5. The molecule has 0 spiro atoms. The van der Waals surface area contributed by atoms with Crippen LogP contribution in [-0.2, 0) is 9.84 Å². The van der Waals surface area contributed by atoms with Crippen molar-refractivity contribution in [3.05, 3.63) is 60.2 Å². The first-order valence-electron chi connectivity index (χ1n) is 11.1. The van der Waals surface area contributed by atoms with E-state index >= 15 is 0 Å². The van der Waals surface area contributed by atoms with Gasteiger partial charge in [0.05, 0.1) is 4.90 Å². The highest BCUT2D eigenvalue weighted by Crippen LogP contribution is 2.35. The SMILES string of the molecule is CC1C=C(c2ccc(S(C)(=O)=O)cc2)N(c2cccc(N3CCN(C(C)C)CC3)c2)C1. The molecule has 2 aliphatic heterocycles. The molecule has 31 heavy (non-hydrogen) atoms. The van der Waals surface area contributed by atoms with Crippen LogP contribution in [-0.4, -0.2) is 58.3 Å². The highest BCUT2D eigenvalue weighted by atomic mass is 32.2. The van der Waals surface area contributed by atoms with Gasteiger partial charge in [-0.15, -0.1) is 0 Å². The molecular weight excluding hydrogens is 406 g/mol. The number of hydrogen-bond acceptors (Lipinski definition) is 5. The summed E-state index contributed by atoms with van der Waals surface area (Å²) in [6.45, 7) is 12.0. The van der Waals surface area contributed by atoms with Crippen LogP contribution in [0.25, 0.3) is 5.70 Å². The van der Waals surface area contributed by atoms with Gasteiger partial charge in [-0.25, -0.2) is 8.42 Å². The van der Waals surface area contributed by atoms with Crippen LogP contribution in [0, 0.1) is 5.92 Å². The molecule has 0 radical (unpaired) electrons. The average molecular weight is 440 g/mol. The van der Waals surface area contributed by atoms with E-state index in [1.54, 1.807) is 12.1 Å². The van der Waals surface area contributed by atoms with Gasteiger partial charge in [-0.3, -0.25) is 4.90 Å². The van der Waals surface area contributed by atoms with Gasteiger partial charge in [0.2, 0.25) is 0 Å². The molecule has 2 heterocycles. The van der Waals surface area contributed by atoms with Gasteiger partial charge in [0, 0.05) is 62.1 Å². The summed E-state index contributed by atoms with van der Waals surface area (Å²) in [7, 11) is -3.19. The molecule has 1 atom stereocenters. The Morgan fingerprint density at radius 3 is 2.19 bits per heavy atom. The molecule has 2 aromatic carbocycles. The molecular formula is C25H33N3O2S. The van der Waals surface area contributed by atoms with E-state index in [1.807, 2.05) is 12.1 Å². The quantitative estimate of drug-likeness (QED) is 0.701. The van der Waals surface area contributed by atoms with E-state index in [1.165, 1.54) is 17.6 Å². The van der Waals surface area contributed by atoms with Gasteiger partial charge in [0.25, 0.3) is 0 Å². The predicted molar refractivity (Wildman–Crippen MR) is 129 cm³/mol. The van der Waals surface area contributed by atoms with Gasteiger partial charge in [-0.1, -0.05) is 31.2 Å². The Labute approximate surface area is 186 Å². The van der Waals surface area contributed by atoms with E-state index in [0.717, 1.165) is 44.0 Å². The number of sulfone groups is 1. The largest absolute Gasteiger partial charge is 0.369 e. The lowest BCUT2D eigenvalue weighted by molar-refractivity contribution is 0.209. The maximum absolute atomic E-state index is 11.8. The van der Waals surface area contributed by atoms with E-state index in [0.29, 0.717) is 16.9 Å². The molecule has 0 amide bonds. The molecule has 0 N–H and O–H groups in total. The van der Waals surface area contributed by atoms with Crippen LogP contribution in [0.2, 0.25) is 0 Å². The molecule has 0 bridgehead atoms. The first-order valence-corrected chi connectivity index (χ1v) is 13.0. The van der Waals surface area contributed by atoms with Crippen molar-refractivity contribution in [1.82, 2.24) is 4.90 Å². The van der Waals surface area contributed by atoms with E-state index < -0.39 is 9.84 Å². The van der Waals surface area contributed by atoms with Crippen molar-refractivity contribution < 1.29 is 8.42 Å². The average Bonchev–Trinajstić information content (AvgIpc) is 3.15. The minimum Gasteiger partial charge on any atom is -0.369 e. The molecule has 0 aromatic heterocycles. The van der Waals surface area contributed by atoms with Crippen molar-refractivity contribution in [2.24, 2.45) is 5.92 Å². The maximum atomic E-state index is 11.8. The molecule has 166 valence electrons. The third-order valence-corrected chi connectivity index (χ3v) is 7.46. The van der Waals surface area contributed by atoms with Crippen molar-refractivity contribution in [1.29, 1.82) is 0 Å². The minimum absolute atomic E-state index is 0.358. The lowest BCUT2D eigenvalue weighted by Crippen LogP contribution is -2.48. The molecule has 5 nitrogen and oxygen atoms in total. The Hall–Kier alpha value is -2.31. The zero-order valence-electron chi connectivity index (χ0n) is 19.0. The number of benzene rings is 2. The number of piperazine rings is 1. The van der Waals surface area contributed by atoms with E-state index in [2.05, 4.69) is 65.8 Å². The van der Waals surface area contributed by atoms with Gasteiger partial charge < -0.3 is 9.80 Å². The van der Waals surface area contributed by atoms with Crippen molar-refractivity contribution in [3.63, 3.8) is 0 Å². The summed E-state index contributed by atoms with van der Waals surface area (Å²) < 4.78 is 23.6. The Morgan fingerprint density at radius 2 is 1.58 bits per heavy atom. The Kier molecular flexibility index (Phi) is 6.13. The molecule has 2 aromatic rings. The normalized spacial score (nSPS) is 20.4. The second-order valence-corrected chi connectivity index (χ2v) is 11.1. The van der Waals surface area contributed by atoms with Crippen molar-refractivity contribution in [3.8, 4) is 0 Å². The minimum atomic E-state index is -3.19. The molecule has 4 rings (SSSR count). The summed E-state index contributed by atoms with van der Waals surface area (Å²) in [6.07, 6.45) is 3.53. The molecule has 1 fully saturated rings. The number of hydrogen-bond donors (Lipinski definition) is 0. The van der Waals surface area contributed by atoms with Crippen molar-refractivity contribution in [2.45, 2.75) is 31.7 Å². The zero-order chi connectivity index (χ0) is 22.2. The lowest BCUT2D eigenvalue weighted by Gasteiger charge is -2.38.